The molecule has 3 aromatic rings. The quantitative estimate of drug-likeness (QED) is 0.249. The Bertz CT molecular complexity index is 1160. The fourth-order valence-corrected chi connectivity index (χ4v) is 4.70. The first kappa shape index (κ1) is 26.6. The molecule has 0 spiro atoms. The third-order valence-electron chi connectivity index (χ3n) is 6.60. The van der Waals surface area contributed by atoms with E-state index in [9.17, 15) is 14.0 Å². The van der Waals surface area contributed by atoms with E-state index in [1.165, 1.54) is 37.8 Å². The summed E-state index contributed by atoms with van der Waals surface area (Å²) in [5.41, 5.74) is 0.921. The van der Waals surface area contributed by atoms with Crippen molar-refractivity contribution in [3.63, 3.8) is 0 Å². The zero-order chi connectivity index (χ0) is 25.2. The van der Waals surface area contributed by atoms with E-state index in [1.807, 2.05) is 36.9 Å². The Hall–Kier alpha value is -3.02. The van der Waals surface area contributed by atoms with E-state index in [2.05, 4.69) is 6.92 Å². The molecule has 0 aliphatic heterocycles. The van der Waals surface area contributed by atoms with Crippen molar-refractivity contribution in [1.82, 2.24) is 14.5 Å². The molecule has 1 unspecified atom stereocenters. The summed E-state index contributed by atoms with van der Waals surface area (Å²) >= 11 is 0. The number of hydrogen-bond donors (Lipinski definition) is 0. The van der Waals surface area contributed by atoms with Crippen LogP contribution in [-0.2, 0) is 4.79 Å². The fraction of sp³-hybridized carbons (Fsp3) is 0.483. The highest BCUT2D eigenvalue weighted by Gasteiger charge is 2.27. The van der Waals surface area contributed by atoms with Gasteiger partial charge >= 0.3 is 0 Å². The van der Waals surface area contributed by atoms with E-state index < -0.39 is 0 Å². The number of rotatable bonds is 13. The molecule has 0 saturated heterocycles. The molecule has 2 aromatic carbocycles. The van der Waals surface area contributed by atoms with E-state index in [1.54, 1.807) is 22.8 Å². The summed E-state index contributed by atoms with van der Waals surface area (Å²) in [7, 11) is 0. The van der Waals surface area contributed by atoms with Gasteiger partial charge in [0.2, 0.25) is 5.91 Å². The molecule has 188 valence electrons. The van der Waals surface area contributed by atoms with Crippen molar-refractivity contribution >= 4 is 16.8 Å². The summed E-state index contributed by atoms with van der Waals surface area (Å²) in [6, 6.07) is 12.7. The molecule has 5 nitrogen and oxygen atoms in total. The second-order valence-electron chi connectivity index (χ2n) is 9.08. The number of carbonyl (C=O) groups excluding carboxylic acids is 1. The molecule has 0 radical (unpaired) electrons. The van der Waals surface area contributed by atoms with Gasteiger partial charge in [0.25, 0.3) is 5.56 Å². The maximum absolute atomic E-state index is 13.6. The number of fused-ring (bicyclic) bond motifs is 1. The SMILES string of the molecule is CCCCCCCCCC(=O)N(CC)C(CC)c1nc2ccccc2c(=O)n1-c1ccc(F)cc1. The molecule has 1 amide bonds. The van der Waals surface area contributed by atoms with Gasteiger partial charge in [0.05, 0.1) is 22.6 Å². The normalized spacial score (nSPS) is 12.1. The van der Waals surface area contributed by atoms with Gasteiger partial charge in [-0.25, -0.2) is 9.37 Å². The van der Waals surface area contributed by atoms with E-state index in [-0.39, 0.29) is 23.3 Å². The lowest BCUT2D eigenvalue weighted by atomic mass is 10.1. The first-order valence-corrected chi connectivity index (χ1v) is 13.1. The van der Waals surface area contributed by atoms with Crippen LogP contribution in [0.15, 0.2) is 53.3 Å². The number of aromatic nitrogens is 2. The summed E-state index contributed by atoms with van der Waals surface area (Å²) in [5, 5.41) is 0.493. The van der Waals surface area contributed by atoms with Gasteiger partial charge in [0, 0.05) is 13.0 Å². The molecule has 1 aromatic heterocycles. The molecule has 0 fully saturated rings. The molecular weight excluding hydrogens is 441 g/mol. The monoisotopic (exact) mass is 479 g/mol. The third-order valence-corrected chi connectivity index (χ3v) is 6.60. The molecule has 0 aliphatic carbocycles. The minimum Gasteiger partial charge on any atom is -0.333 e. The smallest absolute Gasteiger partial charge is 0.266 e. The fourth-order valence-electron chi connectivity index (χ4n) is 4.70. The van der Waals surface area contributed by atoms with E-state index in [0.717, 1.165) is 19.3 Å². The summed E-state index contributed by atoms with van der Waals surface area (Å²) in [6.07, 6.45) is 9.18. The Balaban J connectivity index is 1.92. The molecule has 1 heterocycles. The molecule has 35 heavy (non-hydrogen) atoms. The average molecular weight is 480 g/mol. The third kappa shape index (κ3) is 6.56. The van der Waals surface area contributed by atoms with Crippen LogP contribution in [0.2, 0.25) is 0 Å². The minimum absolute atomic E-state index is 0.0842. The first-order chi connectivity index (χ1) is 17.0. The second-order valence-corrected chi connectivity index (χ2v) is 9.08. The number of para-hydroxylation sites is 1. The van der Waals surface area contributed by atoms with E-state index in [0.29, 0.717) is 41.8 Å². The van der Waals surface area contributed by atoms with Crippen LogP contribution in [0.3, 0.4) is 0 Å². The number of nitrogens with zero attached hydrogens (tertiary/aromatic N) is 3. The zero-order valence-electron chi connectivity index (χ0n) is 21.3. The number of hydrogen-bond acceptors (Lipinski definition) is 3. The standard InChI is InChI=1S/C29H38FN3O2/c1-4-7-8-9-10-11-12-17-27(34)32(6-3)26(5-2)28-31-25-16-14-13-15-24(25)29(35)33(28)23-20-18-22(30)19-21-23/h13-16,18-21,26H,4-12,17H2,1-3H3. The van der Waals surface area contributed by atoms with E-state index in [4.69, 9.17) is 4.98 Å². The van der Waals surface area contributed by atoms with Gasteiger partial charge in [0.15, 0.2) is 0 Å². The summed E-state index contributed by atoms with van der Waals surface area (Å²) in [5.74, 6) is 0.225. The van der Waals surface area contributed by atoms with Gasteiger partial charge in [-0.1, -0.05) is 64.5 Å². The zero-order valence-corrected chi connectivity index (χ0v) is 21.3. The van der Waals surface area contributed by atoms with Crippen molar-refractivity contribution in [3.8, 4) is 5.69 Å². The molecule has 0 aliphatic rings. The predicted molar refractivity (Wildman–Crippen MR) is 140 cm³/mol. The molecule has 0 bridgehead atoms. The lowest BCUT2D eigenvalue weighted by Gasteiger charge is -2.31. The largest absolute Gasteiger partial charge is 0.333 e. The van der Waals surface area contributed by atoms with Gasteiger partial charge in [-0.2, -0.15) is 0 Å². The Morgan fingerprint density at radius 1 is 0.943 bits per heavy atom. The highest BCUT2D eigenvalue weighted by molar-refractivity contribution is 5.79. The number of benzene rings is 2. The van der Waals surface area contributed by atoms with Crippen molar-refractivity contribution in [2.45, 2.75) is 84.6 Å². The highest BCUT2D eigenvalue weighted by Crippen LogP contribution is 2.27. The number of unbranched alkanes of at least 4 members (excludes halogenated alkanes) is 6. The van der Waals surface area contributed by atoms with Crippen molar-refractivity contribution < 1.29 is 9.18 Å². The summed E-state index contributed by atoms with van der Waals surface area (Å²) < 4.78 is 15.2. The highest BCUT2D eigenvalue weighted by atomic mass is 19.1. The predicted octanol–water partition coefficient (Wildman–Crippen LogP) is 6.97. The Labute approximate surface area is 208 Å². The molecule has 0 saturated carbocycles. The van der Waals surface area contributed by atoms with E-state index >= 15 is 0 Å². The molecule has 0 N–H and O–H groups in total. The van der Waals surface area contributed by atoms with Crippen LogP contribution in [0, 0.1) is 5.82 Å². The topological polar surface area (TPSA) is 55.2 Å². The number of amides is 1. The summed E-state index contributed by atoms with van der Waals surface area (Å²) in [6.45, 7) is 6.71. The van der Waals surface area contributed by atoms with Crippen LogP contribution in [0.5, 0.6) is 0 Å². The van der Waals surface area contributed by atoms with Gasteiger partial charge in [0.1, 0.15) is 11.6 Å². The first-order valence-electron chi connectivity index (χ1n) is 13.1. The van der Waals surface area contributed by atoms with Gasteiger partial charge in [-0.15, -0.1) is 0 Å². The van der Waals surface area contributed by atoms with Crippen LogP contribution in [0.1, 0.15) is 90.4 Å². The number of carbonyl (C=O) groups is 1. The summed E-state index contributed by atoms with van der Waals surface area (Å²) in [4.78, 5) is 33.6. The molecular formula is C29H38FN3O2. The van der Waals surface area contributed by atoms with Crippen LogP contribution < -0.4 is 5.56 Å². The van der Waals surface area contributed by atoms with Crippen LogP contribution in [-0.4, -0.2) is 26.9 Å². The van der Waals surface area contributed by atoms with Crippen molar-refractivity contribution in [3.05, 3.63) is 70.5 Å². The Kier molecular flexibility index (Phi) is 10.0. The van der Waals surface area contributed by atoms with Gasteiger partial charge in [-0.3, -0.25) is 14.2 Å². The maximum Gasteiger partial charge on any atom is 0.266 e. The average Bonchev–Trinajstić information content (AvgIpc) is 2.87. The molecule has 6 heteroatoms. The Morgan fingerprint density at radius 2 is 1.60 bits per heavy atom. The van der Waals surface area contributed by atoms with Gasteiger partial charge < -0.3 is 4.90 Å². The molecule has 3 rings (SSSR count). The lowest BCUT2D eigenvalue weighted by molar-refractivity contribution is -0.133. The van der Waals surface area contributed by atoms with Gasteiger partial charge in [-0.05, 0) is 56.2 Å². The van der Waals surface area contributed by atoms with Crippen molar-refractivity contribution in [2.24, 2.45) is 0 Å². The second kappa shape index (κ2) is 13.2. The van der Waals surface area contributed by atoms with Crippen molar-refractivity contribution in [2.75, 3.05) is 6.54 Å². The number of halogens is 1. The van der Waals surface area contributed by atoms with Crippen LogP contribution in [0.25, 0.3) is 16.6 Å². The van der Waals surface area contributed by atoms with Crippen LogP contribution in [0.4, 0.5) is 4.39 Å². The molecule has 1 atom stereocenters. The lowest BCUT2D eigenvalue weighted by Crippen LogP contribution is -2.38. The van der Waals surface area contributed by atoms with Crippen LogP contribution >= 0.6 is 0 Å². The Morgan fingerprint density at radius 3 is 2.26 bits per heavy atom. The van der Waals surface area contributed by atoms with Crippen molar-refractivity contribution in [1.29, 1.82) is 0 Å². The maximum atomic E-state index is 13.6. The minimum atomic E-state index is -0.371.